The van der Waals surface area contributed by atoms with Gasteiger partial charge in [-0.2, -0.15) is 4.31 Å². The number of piperidine rings is 1. The molecule has 2 N–H and O–H groups in total. The van der Waals surface area contributed by atoms with Gasteiger partial charge in [0.1, 0.15) is 0 Å². The molecule has 7 nitrogen and oxygen atoms in total. The van der Waals surface area contributed by atoms with Crippen molar-refractivity contribution in [2.24, 2.45) is 11.7 Å². The molecule has 1 aliphatic heterocycles. The minimum absolute atomic E-state index is 0. The molecule has 1 atom stereocenters. The molecule has 124 valence electrons. The van der Waals surface area contributed by atoms with E-state index in [0.717, 1.165) is 12.8 Å². The van der Waals surface area contributed by atoms with Gasteiger partial charge in [-0.25, -0.2) is 8.42 Å². The normalized spacial score (nSPS) is 18.5. The molecular weight excluding hydrogens is 330 g/mol. The van der Waals surface area contributed by atoms with Crippen LogP contribution in [0.5, 0.6) is 0 Å². The SMILES string of the molecule is CC(N)C1CCN(S(=O)(=O)c2ccc([N+](=O)[O-])cc2)CC1.Cl. The van der Waals surface area contributed by atoms with E-state index in [1.54, 1.807) is 0 Å². The highest BCUT2D eigenvalue weighted by molar-refractivity contribution is 7.89. The molecule has 1 saturated heterocycles. The van der Waals surface area contributed by atoms with E-state index >= 15 is 0 Å². The molecule has 1 aromatic carbocycles. The fraction of sp³-hybridized carbons (Fsp3) is 0.538. The standard InChI is InChI=1S/C13H19N3O4S.ClH/c1-10(14)11-6-8-15(9-7-11)21(19,20)13-4-2-12(3-5-13)16(17)18;/h2-5,10-11H,6-9,14H2,1H3;1H. The predicted molar refractivity (Wildman–Crippen MR) is 85.5 cm³/mol. The molecule has 1 fully saturated rings. The third kappa shape index (κ3) is 3.95. The molecule has 1 aliphatic rings. The topological polar surface area (TPSA) is 107 Å². The Kier molecular flexibility index (Phi) is 6.30. The van der Waals surface area contributed by atoms with Crippen LogP contribution in [-0.4, -0.2) is 36.8 Å². The molecule has 9 heteroatoms. The monoisotopic (exact) mass is 349 g/mol. The van der Waals surface area contributed by atoms with E-state index in [1.807, 2.05) is 6.92 Å². The minimum Gasteiger partial charge on any atom is -0.328 e. The number of nitrogens with zero attached hydrogens (tertiary/aromatic N) is 2. The zero-order valence-electron chi connectivity index (χ0n) is 12.2. The average Bonchev–Trinajstić information content (AvgIpc) is 2.47. The molecule has 0 spiro atoms. The van der Waals surface area contributed by atoms with Gasteiger partial charge >= 0.3 is 0 Å². The van der Waals surface area contributed by atoms with E-state index in [2.05, 4.69) is 0 Å². The zero-order valence-corrected chi connectivity index (χ0v) is 13.8. The zero-order chi connectivity index (χ0) is 15.6. The maximum Gasteiger partial charge on any atom is 0.269 e. The predicted octanol–water partition coefficient (Wildman–Crippen LogP) is 1.76. The summed E-state index contributed by atoms with van der Waals surface area (Å²) in [6.07, 6.45) is 1.48. The van der Waals surface area contributed by atoms with Crippen molar-refractivity contribution in [2.45, 2.75) is 30.7 Å². The highest BCUT2D eigenvalue weighted by Gasteiger charge is 2.30. The second-order valence-electron chi connectivity index (χ2n) is 5.35. The molecule has 0 saturated carbocycles. The Bertz CT molecular complexity index is 611. The first-order valence-corrected chi connectivity index (χ1v) is 8.26. The van der Waals surface area contributed by atoms with Gasteiger partial charge in [0.25, 0.3) is 5.69 Å². The summed E-state index contributed by atoms with van der Waals surface area (Å²) in [7, 11) is -3.58. The van der Waals surface area contributed by atoms with Crippen LogP contribution in [0.3, 0.4) is 0 Å². The summed E-state index contributed by atoms with van der Waals surface area (Å²) >= 11 is 0. The number of hydrogen-bond donors (Lipinski definition) is 1. The Labute approximate surface area is 136 Å². The van der Waals surface area contributed by atoms with E-state index in [-0.39, 0.29) is 29.0 Å². The van der Waals surface area contributed by atoms with Crippen LogP contribution in [0.1, 0.15) is 19.8 Å². The van der Waals surface area contributed by atoms with Crippen LogP contribution in [0.4, 0.5) is 5.69 Å². The van der Waals surface area contributed by atoms with E-state index in [4.69, 9.17) is 5.73 Å². The summed E-state index contributed by atoms with van der Waals surface area (Å²) in [5.74, 6) is 0.341. The third-order valence-electron chi connectivity index (χ3n) is 3.93. The maximum absolute atomic E-state index is 12.5. The fourth-order valence-corrected chi connectivity index (χ4v) is 4.00. The second-order valence-corrected chi connectivity index (χ2v) is 7.29. The first-order valence-electron chi connectivity index (χ1n) is 6.82. The first kappa shape index (κ1) is 18.8. The molecule has 1 unspecified atom stereocenters. The Morgan fingerprint density at radius 2 is 1.77 bits per heavy atom. The van der Waals surface area contributed by atoms with Crippen LogP contribution in [0.15, 0.2) is 29.2 Å². The van der Waals surface area contributed by atoms with Crippen molar-refractivity contribution < 1.29 is 13.3 Å². The number of benzene rings is 1. The summed E-state index contributed by atoms with van der Waals surface area (Å²) < 4.78 is 26.4. The van der Waals surface area contributed by atoms with Gasteiger partial charge in [0.2, 0.25) is 10.0 Å². The van der Waals surface area contributed by atoms with E-state index in [0.29, 0.717) is 19.0 Å². The number of rotatable bonds is 4. The Balaban J connectivity index is 0.00000242. The van der Waals surface area contributed by atoms with Crippen LogP contribution >= 0.6 is 12.4 Å². The van der Waals surface area contributed by atoms with Crippen LogP contribution in [0, 0.1) is 16.0 Å². The number of nitro groups is 1. The summed E-state index contributed by atoms with van der Waals surface area (Å²) in [4.78, 5) is 10.1. The lowest BCUT2D eigenvalue weighted by Crippen LogP contribution is -2.42. The van der Waals surface area contributed by atoms with Crippen molar-refractivity contribution in [1.29, 1.82) is 0 Å². The van der Waals surface area contributed by atoms with Crippen LogP contribution in [0.2, 0.25) is 0 Å². The number of nitrogens with two attached hydrogens (primary N) is 1. The molecule has 0 amide bonds. The number of non-ortho nitro benzene ring substituents is 1. The summed E-state index contributed by atoms with van der Waals surface area (Å²) in [5.41, 5.74) is 5.73. The minimum atomic E-state index is -3.58. The molecule has 22 heavy (non-hydrogen) atoms. The van der Waals surface area contributed by atoms with Gasteiger partial charge in [0.05, 0.1) is 9.82 Å². The van der Waals surface area contributed by atoms with Crippen molar-refractivity contribution in [2.75, 3.05) is 13.1 Å². The molecule has 2 rings (SSSR count). The number of sulfonamides is 1. The molecule has 0 radical (unpaired) electrons. The van der Waals surface area contributed by atoms with Crippen LogP contribution in [0.25, 0.3) is 0 Å². The highest BCUT2D eigenvalue weighted by atomic mass is 35.5. The van der Waals surface area contributed by atoms with Gasteiger partial charge < -0.3 is 5.73 Å². The summed E-state index contributed by atoms with van der Waals surface area (Å²) in [6, 6.07) is 5.05. The molecule has 0 bridgehead atoms. The highest BCUT2D eigenvalue weighted by Crippen LogP contribution is 2.26. The Hall–Kier alpha value is -1.22. The first-order chi connectivity index (χ1) is 9.82. The van der Waals surface area contributed by atoms with Gasteiger partial charge in [-0.15, -0.1) is 12.4 Å². The third-order valence-corrected chi connectivity index (χ3v) is 5.84. The van der Waals surface area contributed by atoms with E-state index in [1.165, 1.54) is 28.6 Å². The summed E-state index contributed by atoms with van der Waals surface area (Å²) in [6.45, 7) is 2.81. The van der Waals surface area contributed by atoms with Crippen molar-refractivity contribution >= 4 is 28.1 Å². The van der Waals surface area contributed by atoms with Gasteiger partial charge in [-0.3, -0.25) is 10.1 Å². The number of nitro benzene ring substituents is 1. The van der Waals surface area contributed by atoms with Crippen LogP contribution in [-0.2, 0) is 10.0 Å². The Morgan fingerprint density at radius 1 is 1.27 bits per heavy atom. The van der Waals surface area contributed by atoms with Crippen molar-refractivity contribution in [1.82, 2.24) is 4.31 Å². The van der Waals surface area contributed by atoms with Crippen LogP contribution < -0.4 is 5.73 Å². The number of hydrogen-bond acceptors (Lipinski definition) is 5. The maximum atomic E-state index is 12.5. The lowest BCUT2D eigenvalue weighted by Gasteiger charge is -2.32. The average molecular weight is 350 g/mol. The van der Waals surface area contributed by atoms with E-state index < -0.39 is 14.9 Å². The smallest absolute Gasteiger partial charge is 0.269 e. The molecule has 1 heterocycles. The van der Waals surface area contributed by atoms with Gasteiger partial charge in [-0.1, -0.05) is 0 Å². The molecule has 0 aliphatic carbocycles. The molecular formula is C13H20ClN3O4S. The van der Waals surface area contributed by atoms with Crippen molar-refractivity contribution in [3.8, 4) is 0 Å². The van der Waals surface area contributed by atoms with Gasteiger partial charge in [0.15, 0.2) is 0 Å². The Morgan fingerprint density at radius 3 is 2.18 bits per heavy atom. The van der Waals surface area contributed by atoms with Gasteiger partial charge in [-0.05, 0) is 37.8 Å². The fourth-order valence-electron chi connectivity index (χ4n) is 2.53. The van der Waals surface area contributed by atoms with Crippen molar-refractivity contribution in [3.63, 3.8) is 0 Å². The lowest BCUT2D eigenvalue weighted by atomic mass is 9.92. The molecule has 0 aromatic heterocycles. The second kappa shape index (κ2) is 7.36. The summed E-state index contributed by atoms with van der Waals surface area (Å²) in [5, 5.41) is 10.6. The van der Waals surface area contributed by atoms with Crippen molar-refractivity contribution in [3.05, 3.63) is 34.4 Å². The van der Waals surface area contributed by atoms with E-state index in [9.17, 15) is 18.5 Å². The quantitative estimate of drug-likeness (QED) is 0.658. The van der Waals surface area contributed by atoms with Gasteiger partial charge in [0, 0.05) is 31.3 Å². The molecule has 1 aromatic rings. The largest absolute Gasteiger partial charge is 0.328 e. The number of halogens is 1. The lowest BCUT2D eigenvalue weighted by molar-refractivity contribution is -0.384.